The summed E-state index contributed by atoms with van der Waals surface area (Å²) >= 11 is 0. The first-order chi connectivity index (χ1) is 6.95. The van der Waals surface area contributed by atoms with Crippen LogP contribution in [-0.4, -0.2) is 12.9 Å². The van der Waals surface area contributed by atoms with Crippen molar-refractivity contribution in [1.29, 1.82) is 0 Å². The van der Waals surface area contributed by atoms with Crippen molar-refractivity contribution < 1.29 is 4.74 Å². The van der Waals surface area contributed by atoms with Crippen LogP contribution in [0.4, 0.5) is 0 Å². The Bertz CT molecular complexity index is 555. The lowest BCUT2D eigenvalue weighted by molar-refractivity contribution is 0.352. The van der Waals surface area contributed by atoms with Crippen LogP contribution in [0.15, 0.2) is 28.3 Å². The Balaban J connectivity index is 2.47. The Morgan fingerprint density at radius 1 is 1.29 bits per heavy atom. The van der Waals surface area contributed by atoms with Crippen molar-refractivity contribution in [1.82, 2.24) is 0 Å². The molecule has 68 valence electrons. The number of fused-ring (bicyclic) bond motifs is 3. The third-order valence-corrected chi connectivity index (χ3v) is 2.32. The van der Waals surface area contributed by atoms with Gasteiger partial charge < -0.3 is 4.74 Å². The summed E-state index contributed by atoms with van der Waals surface area (Å²) in [5.41, 5.74) is 1.13. The molecule has 0 bridgehead atoms. The lowest BCUT2D eigenvalue weighted by atomic mass is 10.1. The molecule has 3 nitrogen and oxygen atoms in total. The highest BCUT2D eigenvalue weighted by molar-refractivity contribution is 5.93. The van der Waals surface area contributed by atoms with Gasteiger partial charge in [-0.3, -0.25) is 4.99 Å². The van der Waals surface area contributed by atoms with Gasteiger partial charge in [0.1, 0.15) is 11.1 Å². The second-order valence-electron chi connectivity index (χ2n) is 3.13. The minimum Gasteiger partial charge on any atom is -0.469 e. The fourth-order valence-electron chi connectivity index (χ4n) is 1.66. The van der Waals surface area contributed by atoms with E-state index < -0.39 is 0 Å². The van der Waals surface area contributed by atoms with Crippen molar-refractivity contribution in [3.8, 4) is 5.75 Å². The Labute approximate surface area is 80.8 Å². The molecule has 0 aromatic heterocycles. The minimum atomic E-state index is 0.431. The highest BCUT2D eigenvalue weighted by atomic mass is 16.5. The Hall–Kier alpha value is -1.90. The van der Waals surface area contributed by atoms with Crippen LogP contribution in [-0.2, 0) is 0 Å². The highest BCUT2D eigenvalue weighted by Crippen LogP contribution is 2.08. The summed E-state index contributed by atoms with van der Waals surface area (Å²) < 4.78 is 5.35. The number of hydrogen-bond donors (Lipinski definition) is 0. The Morgan fingerprint density at radius 2 is 2.29 bits per heavy atom. The molecule has 0 unspecified atom stereocenters. The smallest absolute Gasteiger partial charge is 0.180 e. The molecule has 2 aliphatic heterocycles. The Morgan fingerprint density at radius 3 is 3.29 bits per heavy atom. The lowest BCUT2D eigenvalue weighted by Crippen LogP contribution is -2.26. The lowest BCUT2D eigenvalue weighted by Gasteiger charge is -1.97. The summed E-state index contributed by atoms with van der Waals surface area (Å²) in [6, 6.07) is 3.98. The number of nitrogens with zero attached hydrogens (tertiary/aromatic N) is 2. The SMILES string of the molecule is C1=Cc2ccc3c(c2=CC=N1)=NCO3. The number of ether oxygens (including phenoxy) is 1. The van der Waals surface area contributed by atoms with Crippen LogP contribution in [0.25, 0.3) is 12.2 Å². The van der Waals surface area contributed by atoms with Gasteiger partial charge in [0.25, 0.3) is 0 Å². The van der Waals surface area contributed by atoms with Crippen molar-refractivity contribution in [3.05, 3.63) is 34.5 Å². The van der Waals surface area contributed by atoms with E-state index in [1.807, 2.05) is 24.3 Å². The number of benzene rings is 1. The predicted octanol–water partition coefficient (Wildman–Crippen LogP) is 0.492. The van der Waals surface area contributed by atoms with Crippen molar-refractivity contribution in [2.24, 2.45) is 9.98 Å². The third kappa shape index (κ3) is 0.988. The van der Waals surface area contributed by atoms with Crippen molar-refractivity contribution in [3.63, 3.8) is 0 Å². The molecule has 2 heterocycles. The maximum atomic E-state index is 5.35. The van der Waals surface area contributed by atoms with Gasteiger partial charge in [-0.05, 0) is 23.8 Å². The van der Waals surface area contributed by atoms with Crippen LogP contribution >= 0.6 is 0 Å². The molecule has 0 spiro atoms. The molecule has 1 aromatic rings. The number of hydrogen-bond acceptors (Lipinski definition) is 3. The van der Waals surface area contributed by atoms with Crippen LogP contribution in [0.3, 0.4) is 0 Å². The molecule has 0 radical (unpaired) electrons. The van der Waals surface area contributed by atoms with Crippen LogP contribution in [0.5, 0.6) is 5.75 Å². The van der Waals surface area contributed by atoms with E-state index in [0.717, 1.165) is 21.9 Å². The van der Waals surface area contributed by atoms with Crippen molar-refractivity contribution in [2.45, 2.75) is 0 Å². The normalized spacial score (nSPS) is 16.0. The van der Waals surface area contributed by atoms with E-state index in [4.69, 9.17) is 4.74 Å². The van der Waals surface area contributed by atoms with E-state index in [9.17, 15) is 0 Å². The van der Waals surface area contributed by atoms with Gasteiger partial charge in [-0.2, -0.15) is 0 Å². The van der Waals surface area contributed by atoms with Gasteiger partial charge in [0.15, 0.2) is 6.73 Å². The van der Waals surface area contributed by atoms with E-state index in [-0.39, 0.29) is 0 Å². The molecule has 3 heteroatoms. The first kappa shape index (κ1) is 7.50. The molecule has 2 aliphatic rings. The van der Waals surface area contributed by atoms with Crippen LogP contribution < -0.4 is 15.3 Å². The first-order valence-electron chi connectivity index (χ1n) is 4.45. The molecule has 0 saturated carbocycles. The molecule has 0 amide bonds. The Kier molecular flexibility index (Phi) is 1.50. The molecule has 14 heavy (non-hydrogen) atoms. The predicted molar refractivity (Wildman–Crippen MR) is 54.7 cm³/mol. The zero-order valence-electron chi connectivity index (χ0n) is 7.47. The summed E-state index contributed by atoms with van der Waals surface area (Å²) in [5, 5.41) is 2.04. The maximum Gasteiger partial charge on any atom is 0.180 e. The van der Waals surface area contributed by atoms with E-state index >= 15 is 0 Å². The van der Waals surface area contributed by atoms with E-state index in [1.165, 1.54) is 0 Å². The van der Waals surface area contributed by atoms with Gasteiger partial charge in [0, 0.05) is 17.6 Å². The molecule has 1 aromatic carbocycles. The van der Waals surface area contributed by atoms with Crippen LogP contribution in [0, 0.1) is 0 Å². The number of aliphatic imine (C=N–C) groups is 1. The standard InChI is InChI=1S/C11H8N2O/c1-2-10-11(13-7-14-10)9-4-6-12-5-3-8(1)9/h1-6H,7H2. The van der Waals surface area contributed by atoms with Gasteiger partial charge in [-0.15, -0.1) is 0 Å². The summed E-state index contributed by atoms with van der Waals surface area (Å²) in [6.07, 6.45) is 7.50. The third-order valence-electron chi connectivity index (χ3n) is 2.32. The van der Waals surface area contributed by atoms with Crippen LogP contribution in [0.2, 0.25) is 0 Å². The summed E-state index contributed by atoms with van der Waals surface area (Å²) in [4.78, 5) is 8.37. The topological polar surface area (TPSA) is 34.0 Å². The van der Waals surface area contributed by atoms with Crippen LogP contribution in [0.1, 0.15) is 5.56 Å². The monoisotopic (exact) mass is 184 g/mol. The minimum absolute atomic E-state index is 0.431. The zero-order valence-corrected chi connectivity index (χ0v) is 7.47. The molecule has 0 fully saturated rings. The second-order valence-corrected chi connectivity index (χ2v) is 3.13. The van der Waals surface area contributed by atoms with E-state index in [1.54, 1.807) is 12.4 Å². The number of rotatable bonds is 0. The molecule has 0 atom stereocenters. The van der Waals surface area contributed by atoms with Gasteiger partial charge >= 0.3 is 0 Å². The van der Waals surface area contributed by atoms with Gasteiger partial charge in [0.05, 0.1) is 0 Å². The summed E-state index contributed by atoms with van der Waals surface area (Å²) in [7, 11) is 0. The highest BCUT2D eigenvalue weighted by Gasteiger charge is 2.07. The second kappa shape index (κ2) is 2.80. The van der Waals surface area contributed by atoms with E-state index in [2.05, 4.69) is 9.98 Å². The average molecular weight is 184 g/mol. The largest absolute Gasteiger partial charge is 0.469 e. The molecule has 3 rings (SSSR count). The molecular weight excluding hydrogens is 176 g/mol. The van der Waals surface area contributed by atoms with Gasteiger partial charge in [0.2, 0.25) is 0 Å². The fraction of sp³-hybridized carbons (Fsp3) is 0.0909. The molecule has 0 N–H and O–H groups in total. The fourth-order valence-corrected chi connectivity index (χ4v) is 1.66. The average Bonchev–Trinajstić information content (AvgIpc) is 2.55. The van der Waals surface area contributed by atoms with Crippen molar-refractivity contribution >= 4 is 18.4 Å². The maximum absolute atomic E-state index is 5.35. The molecule has 0 aliphatic carbocycles. The first-order valence-corrected chi connectivity index (χ1v) is 4.45. The van der Waals surface area contributed by atoms with Crippen molar-refractivity contribution in [2.75, 3.05) is 6.73 Å². The molecule has 0 saturated heterocycles. The summed E-state index contributed by atoms with van der Waals surface area (Å²) in [6.45, 7) is 0.431. The zero-order chi connectivity index (χ0) is 9.38. The van der Waals surface area contributed by atoms with E-state index in [0.29, 0.717) is 6.73 Å². The quantitative estimate of drug-likeness (QED) is 0.577. The van der Waals surface area contributed by atoms with Gasteiger partial charge in [-0.25, -0.2) is 4.99 Å². The molecular formula is C11H8N2O. The summed E-state index contributed by atoms with van der Waals surface area (Å²) in [5.74, 6) is 0.865. The van der Waals surface area contributed by atoms with Gasteiger partial charge in [-0.1, -0.05) is 6.07 Å².